The van der Waals surface area contributed by atoms with Crippen LogP contribution in [0.5, 0.6) is 0 Å². The molecule has 0 aliphatic carbocycles. The molecule has 11 heteroatoms. The predicted octanol–water partition coefficient (Wildman–Crippen LogP) is 0.256. The molecule has 0 unspecified atom stereocenters. The highest BCUT2D eigenvalue weighted by Crippen LogP contribution is 2.31. The SMILES string of the molecule is O=C(NNc1ncnc(N2CCN(CCO)CC2)c1[N+](=O)[O-])c1ccccc1. The molecule has 28 heavy (non-hydrogen) atoms. The highest BCUT2D eigenvalue weighted by molar-refractivity contribution is 5.95. The number of aromatic nitrogens is 2. The van der Waals surface area contributed by atoms with E-state index in [1.165, 1.54) is 6.33 Å². The van der Waals surface area contributed by atoms with Crippen LogP contribution in [0.15, 0.2) is 36.7 Å². The van der Waals surface area contributed by atoms with Gasteiger partial charge in [0.2, 0.25) is 11.6 Å². The zero-order valence-electron chi connectivity index (χ0n) is 15.1. The van der Waals surface area contributed by atoms with Crippen LogP contribution in [-0.4, -0.2) is 70.1 Å². The number of nitro groups is 1. The summed E-state index contributed by atoms with van der Waals surface area (Å²) in [6, 6.07) is 8.48. The van der Waals surface area contributed by atoms with E-state index in [1.807, 2.05) is 0 Å². The summed E-state index contributed by atoms with van der Waals surface area (Å²) in [5, 5.41) is 20.7. The molecule has 0 radical (unpaired) electrons. The molecule has 1 aromatic carbocycles. The maximum atomic E-state index is 12.2. The molecule has 1 fully saturated rings. The second-order valence-corrected chi connectivity index (χ2v) is 6.15. The molecule has 1 saturated heterocycles. The predicted molar refractivity (Wildman–Crippen MR) is 102 cm³/mol. The van der Waals surface area contributed by atoms with Crippen molar-refractivity contribution in [2.45, 2.75) is 0 Å². The number of piperazine rings is 1. The Kier molecular flexibility index (Phi) is 6.29. The number of nitrogens with zero attached hydrogens (tertiary/aromatic N) is 5. The average Bonchev–Trinajstić information content (AvgIpc) is 2.73. The monoisotopic (exact) mass is 387 g/mol. The zero-order valence-corrected chi connectivity index (χ0v) is 15.1. The van der Waals surface area contributed by atoms with Gasteiger partial charge < -0.3 is 10.0 Å². The van der Waals surface area contributed by atoms with Crippen LogP contribution < -0.4 is 15.8 Å². The van der Waals surface area contributed by atoms with Crippen molar-refractivity contribution >= 4 is 23.2 Å². The molecule has 1 amide bonds. The number of β-amino-alcohol motifs (C(OH)–C–C–N with tert-alkyl or cyclic N) is 1. The van der Waals surface area contributed by atoms with Crippen molar-refractivity contribution in [2.24, 2.45) is 0 Å². The third-order valence-electron chi connectivity index (χ3n) is 4.40. The smallest absolute Gasteiger partial charge is 0.355 e. The summed E-state index contributed by atoms with van der Waals surface area (Å²) >= 11 is 0. The third kappa shape index (κ3) is 4.50. The molecule has 3 N–H and O–H groups in total. The first-order valence-corrected chi connectivity index (χ1v) is 8.79. The second-order valence-electron chi connectivity index (χ2n) is 6.15. The van der Waals surface area contributed by atoms with Crippen LogP contribution in [0.1, 0.15) is 10.4 Å². The van der Waals surface area contributed by atoms with Gasteiger partial charge in [-0.25, -0.2) is 9.97 Å². The van der Waals surface area contributed by atoms with Crippen LogP contribution in [0, 0.1) is 10.1 Å². The van der Waals surface area contributed by atoms with Crippen molar-refractivity contribution in [3.63, 3.8) is 0 Å². The minimum atomic E-state index is -0.563. The first-order chi connectivity index (χ1) is 13.6. The Labute approximate surface area is 161 Å². The van der Waals surface area contributed by atoms with E-state index in [9.17, 15) is 14.9 Å². The molecule has 0 saturated carbocycles. The molecule has 1 aliphatic rings. The summed E-state index contributed by atoms with van der Waals surface area (Å²) in [4.78, 5) is 35.2. The Bertz CT molecular complexity index is 826. The van der Waals surface area contributed by atoms with Gasteiger partial charge in [0.05, 0.1) is 11.5 Å². The number of carbonyl (C=O) groups is 1. The summed E-state index contributed by atoms with van der Waals surface area (Å²) in [6.07, 6.45) is 1.22. The van der Waals surface area contributed by atoms with Crippen LogP contribution in [0.3, 0.4) is 0 Å². The Balaban J connectivity index is 1.75. The number of hydrazine groups is 1. The zero-order chi connectivity index (χ0) is 19.9. The summed E-state index contributed by atoms with van der Waals surface area (Å²) in [7, 11) is 0. The van der Waals surface area contributed by atoms with Gasteiger partial charge in [0.1, 0.15) is 6.33 Å². The van der Waals surface area contributed by atoms with Gasteiger partial charge in [-0.2, -0.15) is 0 Å². The number of nitrogens with one attached hydrogen (secondary N) is 2. The summed E-state index contributed by atoms with van der Waals surface area (Å²) in [6.45, 7) is 3.03. The van der Waals surface area contributed by atoms with E-state index in [2.05, 4.69) is 25.7 Å². The molecule has 2 aromatic rings. The lowest BCUT2D eigenvalue weighted by Crippen LogP contribution is -2.47. The quantitative estimate of drug-likeness (QED) is 0.451. The van der Waals surface area contributed by atoms with Gasteiger partial charge in [-0.15, -0.1) is 0 Å². The van der Waals surface area contributed by atoms with E-state index < -0.39 is 10.8 Å². The number of hydrogen-bond donors (Lipinski definition) is 3. The lowest BCUT2D eigenvalue weighted by Gasteiger charge is -2.34. The van der Waals surface area contributed by atoms with E-state index in [0.717, 1.165) is 0 Å². The van der Waals surface area contributed by atoms with Crippen molar-refractivity contribution < 1.29 is 14.8 Å². The van der Waals surface area contributed by atoms with Crippen molar-refractivity contribution in [1.29, 1.82) is 0 Å². The molecule has 11 nitrogen and oxygen atoms in total. The summed E-state index contributed by atoms with van der Waals surface area (Å²) < 4.78 is 0. The molecule has 148 valence electrons. The van der Waals surface area contributed by atoms with Gasteiger partial charge in [0, 0.05) is 38.3 Å². The molecule has 0 bridgehead atoms. The fourth-order valence-corrected chi connectivity index (χ4v) is 2.96. The van der Waals surface area contributed by atoms with Crippen LogP contribution in [-0.2, 0) is 0 Å². The second kappa shape index (κ2) is 9.06. The van der Waals surface area contributed by atoms with Crippen LogP contribution in [0.2, 0.25) is 0 Å². The highest BCUT2D eigenvalue weighted by atomic mass is 16.6. The van der Waals surface area contributed by atoms with Crippen LogP contribution in [0.25, 0.3) is 0 Å². The molecule has 0 atom stereocenters. The standard InChI is InChI=1S/C17H21N7O4/c25-11-10-22-6-8-23(9-7-22)16-14(24(27)28)15(18-12-19-16)20-21-17(26)13-4-2-1-3-5-13/h1-5,12,25H,6-11H2,(H,21,26)(H,18,19,20). The topological polar surface area (TPSA) is 137 Å². The van der Waals surface area contributed by atoms with Gasteiger partial charge in [-0.05, 0) is 12.1 Å². The van der Waals surface area contributed by atoms with Crippen molar-refractivity contribution in [3.8, 4) is 0 Å². The van der Waals surface area contributed by atoms with Crippen molar-refractivity contribution in [2.75, 3.05) is 49.7 Å². The van der Waals surface area contributed by atoms with Gasteiger partial charge >= 0.3 is 5.69 Å². The van der Waals surface area contributed by atoms with Crippen molar-refractivity contribution in [1.82, 2.24) is 20.3 Å². The molecular formula is C17H21N7O4. The lowest BCUT2D eigenvalue weighted by atomic mass is 10.2. The average molecular weight is 387 g/mol. The molecule has 2 heterocycles. The molecule has 1 aliphatic heterocycles. The first-order valence-electron chi connectivity index (χ1n) is 8.79. The number of aliphatic hydroxyl groups is 1. The highest BCUT2D eigenvalue weighted by Gasteiger charge is 2.29. The molecular weight excluding hydrogens is 366 g/mol. The normalized spacial score (nSPS) is 14.5. The van der Waals surface area contributed by atoms with E-state index in [-0.39, 0.29) is 23.9 Å². The number of benzene rings is 1. The van der Waals surface area contributed by atoms with Crippen LogP contribution in [0.4, 0.5) is 17.3 Å². The van der Waals surface area contributed by atoms with Crippen molar-refractivity contribution in [3.05, 3.63) is 52.3 Å². The Hall–Kier alpha value is -3.31. The third-order valence-corrected chi connectivity index (χ3v) is 4.40. The van der Waals surface area contributed by atoms with E-state index in [1.54, 1.807) is 35.2 Å². The number of carbonyl (C=O) groups excluding carboxylic acids is 1. The number of aliphatic hydroxyl groups excluding tert-OH is 1. The molecule has 0 spiro atoms. The Morgan fingerprint density at radius 2 is 1.89 bits per heavy atom. The first kappa shape index (κ1) is 19.5. The maximum Gasteiger partial charge on any atom is 0.355 e. The van der Waals surface area contributed by atoms with Gasteiger partial charge in [0.25, 0.3) is 5.91 Å². The van der Waals surface area contributed by atoms with E-state index in [4.69, 9.17) is 5.11 Å². The minimum Gasteiger partial charge on any atom is -0.395 e. The fraction of sp³-hybridized carbons (Fsp3) is 0.353. The largest absolute Gasteiger partial charge is 0.395 e. The minimum absolute atomic E-state index is 0.0723. The van der Waals surface area contributed by atoms with Gasteiger partial charge in [-0.1, -0.05) is 18.2 Å². The summed E-state index contributed by atoms with van der Waals surface area (Å²) in [5.41, 5.74) is 5.07. The number of anilines is 2. The van der Waals surface area contributed by atoms with Crippen LogP contribution >= 0.6 is 0 Å². The number of hydrogen-bond acceptors (Lipinski definition) is 9. The number of amides is 1. The van der Waals surface area contributed by atoms with Gasteiger partial charge in [-0.3, -0.25) is 30.7 Å². The number of rotatable bonds is 7. The Morgan fingerprint density at radius 1 is 1.18 bits per heavy atom. The molecule has 1 aromatic heterocycles. The summed E-state index contributed by atoms with van der Waals surface area (Å²) in [5.74, 6) is -0.329. The lowest BCUT2D eigenvalue weighted by molar-refractivity contribution is -0.383. The molecule has 3 rings (SSSR count). The van der Waals surface area contributed by atoms with E-state index >= 15 is 0 Å². The maximum absolute atomic E-state index is 12.2. The fourth-order valence-electron chi connectivity index (χ4n) is 2.96. The Morgan fingerprint density at radius 3 is 2.54 bits per heavy atom. The van der Waals surface area contributed by atoms with Gasteiger partial charge in [0.15, 0.2) is 0 Å². The van der Waals surface area contributed by atoms with E-state index in [0.29, 0.717) is 38.3 Å².